The van der Waals surface area contributed by atoms with Crippen molar-refractivity contribution in [1.29, 1.82) is 0 Å². The maximum Gasteiger partial charge on any atom is 0.338 e. The van der Waals surface area contributed by atoms with Gasteiger partial charge in [0.25, 0.3) is 5.56 Å². The number of carbonyl (C=O) groups is 2. The minimum absolute atomic E-state index is 0.0782. The third-order valence-electron chi connectivity index (χ3n) is 5.73. The molecule has 3 aromatic rings. The number of hydrogen-bond donors (Lipinski definition) is 1. The van der Waals surface area contributed by atoms with E-state index in [-0.39, 0.29) is 13.2 Å². The zero-order valence-corrected chi connectivity index (χ0v) is 19.6. The van der Waals surface area contributed by atoms with Gasteiger partial charge < -0.3 is 18.9 Å². The van der Waals surface area contributed by atoms with E-state index in [4.69, 9.17) is 18.9 Å². The molecular formula is C26H26N2O8. The van der Waals surface area contributed by atoms with E-state index in [1.165, 1.54) is 19.2 Å². The van der Waals surface area contributed by atoms with Crippen molar-refractivity contribution in [2.75, 3.05) is 13.2 Å². The smallest absolute Gasteiger partial charge is 0.338 e. The Morgan fingerprint density at radius 3 is 2.33 bits per heavy atom. The number of rotatable bonds is 9. The summed E-state index contributed by atoms with van der Waals surface area (Å²) in [6, 6.07) is 19.2. The van der Waals surface area contributed by atoms with Crippen LogP contribution in [0.5, 0.6) is 0 Å². The third-order valence-corrected chi connectivity index (χ3v) is 5.73. The van der Waals surface area contributed by atoms with Crippen molar-refractivity contribution in [2.24, 2.45) is 5.92 Å². The van der Waals surface area contributed by atoms with Gasteiger partial charge in [0.1, 0.15) is 6.61 Å². The zero-order valence-electron chi connectivity index (χ0n) is 19.6. The Morgan fingerprint density at radius 1 is 0.972 bits per heavy atom. The first kappa shape index (κ1) is 25.1. The normalized spacial score (nSPS) is 21.1. The van der Waals surface area contributed by atoms with Gasteiger partial charge in [0.2, 0.25) is 0 Å². The number of hydrogen-bond acceptors (Lipinski definition) is 8. The van der Waals surface area contributed by atoms with Crippen molar-refractivity contribution in [3.05, 3.63) is 105 Å². The van der Waals surface area contributed by atoms with Crippen molar-refractivity contribution in [2.45, 2.75) is 32.0 Å². The second-order valence-electron chi connectivity index (χ2n) is 8.29. The number of aromatic nitrogens is 2. The lowest BCUT2D eigenvalue weighted by atomic mass is 9.99. The summed E-state index contributed by atoms with van der Waals surface area (Å²) >= 11 is 0. The molecule has 0 bridgehead atoms. The Balaban J connectivity index is 1.57. The molecular weight excluding hydrogens is 468 g/mol. The lowest BCUT2D eigenvalue weighted by molar-refractivity contribution is -0.154. The van der Waals surface area contributed by atoms with Gasteiger partial charge >= 0.3 is 17.6 Å². The summed E-state index contributed by atoms with van der Waals surface area (Å²) in [6.45, 7) is 1.46. The first-order chi connectivity index (χ1) is 17.4. The maximum atomic E-state index is 12.6. The van der Waals surface area contributed by atoms with E-state index in [0.717, 1.165) is 10.1 Å². The van der Waals surface area contributed by atoms with E-state index < -0.39 is 47.5 Å². The van der Waals surface area contributed by atoms with Gasteiger partial charge in [0, 0.05) is 19.2 Å². The van der Waals surface area contributed by atoms with E-state index in [1.54, 1.807) is 30.3 Å². The molecule has 1 aromatic heterocycles. The molecule has 1 N–H and O–H groups in total. The van der Waals surface area contributed by atoms with E-state index in [2.05, 4.69) is 4.98 Å². The minimum Gasteiger partial charge on any atom is -0.462 e. The molecule has 0 amide bonds. The number of nitrogens with zero attached hydrogens (tertiary/aromatic N) is 1. The highest BCUT2D eigenvalue weighted by Gasteiger charge is 2.48. The van der Waals surface area contributed by atoms with Crippen LogP contribution in [0, 0.1) is 5.92 Å². The molecule has 0 spiro atoms. The zero-order chi connectivity index (χ0) is 25.5. The third kappa shape index (κ3) is 6.15. The number of ether oxygens (including phenoxy) is 4. The molecule has 2 heterocycles. The lowest BCUT2D eigenvalue weighted by Gasteiger charge is -2.24. The first-order valence-corrected chi connectivity index (χ1v) is 11.4. The Labute approximate surface area is 206 Å². The van der Waals surface area contributed by atoms with Crippen LogP contribution in [0.25, 0.3) is 0 Å². The Morgan fingerprint density at radius 2 is 1.67 bits per heavy atom. The second kappa shape index (κ2) is 11.6. The van der Waals surface area contributed by atoms with Gasteiger partial charge in [-0.25, -0.2) is 9.59 Å². The van der Waals surface area contributed by atoms with E-state index in [1.807, 2.05) is 30.3 Å². The molecule has 1 fully saturated rings. The van der Waals surface area contributed by atoms with Gasteiger partial charge in [-0.05, 0) is 17.7 Å². The highest BCUT2D eigenvalue weighted by molar-refractivity contribution is 5.89. The molecule has 0 unspecified atom stereocenters. The van der Waals surface area contributed by atoms with Crippen LogP contribution in [0.4, 0.5) is 0 Å². The van der Waals surface area contributed by atoms with Crippen LogP contribution in [-0.2, 0) is 30.3 Å². The molecule has 1 aliphatic rings. The summed E-state index contributed by atoms with van der Waals surface area (Å²) in [5, 5.41) is 0. The van der Waals surface area contributed by atoms with Crippen LogP contribution >= 0.6 is 0 Å². The number of carbonyl (C=O) groups excluding carboxylic acids is 2. The van der Waals surface area contributed by atoms with E-state index in [9.17, 15) is 19.2 Å². The molecule has 4 atom stereocenters. The molecule has 1 saturated heterocycles. The molecule has 4 rings (SSSR count). The molecule has 2 aromatic carbocycles. The van der Waals surface area contributed by atoms with Gasteiger partial charge in [0.05, 0.1) is 30.8 Å². The van der Waals surface area contributed by atoms with Gasteiger partial charge in [-0.3, -0.25) is 19.1 Å². The van der Waals surface area contributed by atoms with Crippen LogP contribution in [0.2, 0.25) is 0 Å². The Kier molecular flexibility index (Phi) is 8.09. The standard InChI is InChI=1S/C26H26N2O8/c1-17(29)35-23-20(15-34-25(31)19-10-6-3-7-11-19)21(16-33-14-18-8-4-2-5-9-18)36-24(23)28-13-12-22(30)27-26(28)32/h2-13,20-21,23-24H,14-16H2,1H3,(H,27,30,32)/t20-,21-,23-,24-/m1/s1. The summed E-state index contributed by atoms with van der Waals surface area (Å²) < 4.78 is 24.2. The summed E-state index contributed by atoms with van der Waals surface area (Å²) in [6.07, 6.45) is -1.47. The first-order valence-electron chi connectivity index (χ1n) is 11.4. The van der Waals surface area contributed by atoms with Crippen LogP contribution in [-0.4, -0.2) is 46.9 Å². The van der Waals surface area contributed by atoms with Crippen molar-refractivity contribution in [1.82, 2.24) is 9.55 Å². The van der Waals surface area contributed by atoms with Crippen molar-refractivity contribution in [3.8, 4) is 0 Å². The summed E-state index contributed by atoms with van der Waals surface area (Å²) in [5.41, 5.74) is 0.0168. The molecule has 0 saturated carbocycles. The van der Waals surface area contributed by atoms with Crippen LogP contribution in [0.15, 0.2) is 82.5 Å². The summed E-state index contributed by atoms with van der Waals surface area (Å²) in [5.74, 6) is -1.80. The molecule has 0 aliphatic carbocycles. The molecule has 10 nitrogen and oxygen atoms in total. The van der Waals surface area contributed by atoms with Gasteiger partial charge in [-0.15, -0.1) is 0 Å². The number of aromatic amines is 1. The SMILES string of the molecule is CC(=O)O[C@@H]1[C@H](COC(=O)c2ccccc2)[C@@H](COCc2ccccc2)O[C@H]1n1ccc(=O)[nH]c1=O. The average molecular weight is 495 g/mol. The molecule has 1 aliphatic heterocycles. The predicted octanol–water partition coefficient (Wildman–Crippen LogP) is 2.06. The number of benzene rings is 2. The fourth-order valence-electron chi connectivity index (χ4n) is 4.03. The van der Waals surface area contributed by atoms with Crippen molar-refractivity contribution < 1.29 is 28.5 Å². The van der Waals surface area contributed by atoms with Crippen LogP contribution in [0.3, 0.4) is 0 Å². The number of H-pyrrole nitrogens is 1. The van der Waals surface area contributed by atoms with Crippen molar-refractivity contribution in [3.63, 3.8) is 0 Å². The fraction of sp³-hybridized carbons (Fsp3) is 0.308. The Bertz CT molecular complexity index is 1290. The quantitative estimate of drug-likeness (QED) is 0.448. The molecule has 0 radical (unpaired) electrons. The van der Waals surface area contributed by atoms with Crippen molar-refractivity contribution >= 4 is 11.9 Å². The Hall–Kier alpha value is -4.02. The highest BCUT2D eigenvalue weighted by atomic mass is 16.6. The van der Waals surface area contributed by atoms with Crippen LogP contribution < -0.4 is 11.2 Å². The summed E-state index contributed by atoms with van der Waals surface area (Å²) in [4.78, 5) is 50.8. The average Bonchev–Trinajstić information content (AvgIpc) is 3.19. The topological polar surface area (TPSA) is 126 Å². The number of esters is 2. The van der Waals surface area contributed by atoms with Gasteiger partial charge in [0.15, 0.2) is 12.3 Å². The second-order valence-corrected chi connectivity index (χ2v) is 8.29. The lowest BCUT2D eigenvalue weighted by Crippen LogP contribution is -2.39. The van der Waals surface area contributed by atoms with E-state index in [0.29, 0.717) is 12.2 Å². The molecule has 36 heavy (non-hydrogen) atoms. The molecule has 188 valence electrons. The maximum absolute atomic E-state index is 12.6. The monoisotopic (exact) mass is 494 g/mol. The van der Waals surface area contributed by atoms with E-state index >= 15 is 0 Å². The largest absolute Gasteiger partial charge is 0.462 e. The van der Waals surface area contributed by atoms with Gasteiger partial charge in [-0.2, -0.15) is 0 Å². The molecule has 10 heteroatoms. The minimum atomic E-state index is -1.07. The number of nitrogens with one attached hydrogen (secondary N) is 1. The van der Waals surface area contributed by atoms with Gasteiger partial charge in [-0.1, -0.05) is 48.5 Å². The highest BCUT2D eigenvalue weighted by Crippen LogP contribution is 2.36. The predicted molar refractivity (Wildman–Crippen MR) is 127 cm³/mol. The van der Waals surface area contributed by atoms with Crippen LogP contribution in [0.1, 0.15) is 29.1 Å². The fourth-order valence-corrected chi connectivity index (χ4v) is 4.03. The summed E-state index contributed by atoms with van der Waals surface area (Å²) in [7, 11) is 0.